The number of hydrogen-bond acceptors (Lipinski definition) is 5. The lowest BCUT2D eigenvalue weighted by molar-refractivity contribution is -0.147. The first-order valence-corrected chi connectivity index (χ1v) is 8.29. The summed E-state index contributed by atoms with van der Waals surface area (Å²) in [6, 6.07) is 6.65. The summed E-state index contributed by atoms with van der Waals surface area (Å²) in [6.07, 6.45) is 2.35. The Morgan fingerprint density at radius 3 is 2.74 bits per heavy atom. The van der Waals surface area contributed by atoms with Gasteiger partial charge in [-0.15, -0.1) is 0 Å². The van der Waals surface area contributed by atoms with Gasteiger partial charge >= 0.3 is 5.97 Å². The summed E-state index contributed by atoms with van der Waals surface area (Å²) >= 11 is 10.8. The van der Waals surface area contributed by atoms with Crippen molar-refractivity contribution in [2.75, 3.05) is 20.2 Å². The first kappa shape index (κ1) is 18.0. The Balaban J connectivity index is 2.35. The van der Waals surface area contributed by atoms with Gasteiger partial charge in [-0.25, -0.2) is 4.79 Å². The minimum Gasteiger partial charge on any atom is -0.468 e. The van der Waals surface area contributed by atoms with Crippen molar-refractivity contribution in [1.82, 2.24) is 4.90 Å². The molecule has 0 saturated carbocycles. The summed E-state index contributed by atoms with van der Waals surface area (Å²) in [5.74, 6) is -0.383. The number of esters is 1. The van der Waals surface area contributed by atoms with Crippen molar-refractivity contribution in [3.63, 3.8) is 0 Å². The van der Waals surface area contributed by atoms with Gasteiger partial charge in [0.25, 0.3) is 0 Å². The molecule has 1 saturated heterocycles. The van der Waals surface area contributed by atoms with E-state index in [0.29, 0.717) is 23.7 Å². The van der Waals surface area contributed by atoms with E-state index in [2.05, 4.69) is 12.6 Å². The Kier molecular flexibility index (Phi) is 6.27. The maximum absolute atomic E-state index is 12.3. The number of allylic oxidation sites excluding steroid dienone is 1. The topological polar surface area (TPSA) is 46.6 Å². The third-order valence-electron chi connectivity index (χ3n) is 3.88. The number of nitrogens with zero attached hydrogens (tertiary/aromatic N) is 1. The van der Waals surface area contributed by atoms with E-state index in [1.165, 1.54) is 14.0 Å². The van der Waals surface area contributed by atoms with E-state index in [1.54, 1.807) is 12.1 Å². The fraction of sp³-hybridized carbons (Fsp3) is 0.412. The molecule has 6 heteroatoms. The van der Waals surface area contributed by atoms with Gasteiger partial charge in [-0.05, 0) is 36.6 Å². The fourth-order valence-corrected chi connectivity index (χ4v) is 3.31. The third kappa shape index (κ3) is 4.37. The van der Waals surface area contributed by atoms with Crippen LogP contribution in [0.15, 0.2) is 35.9 Å². The van der Waals surface area contributed by atoms with Gasteiger partial charge in [-0.3, -0.25) is 9.69 Å². The number of hydrogen-bond donors (Lipinski definition) is 1. The molecule has 124 valence electrons. The zero-order chi connectivity index (χ0) is 17.0. The molecule has 0 N–H and O–H groups in total. The van der Waals surface area contributed by atoms with Crippen molar-refractivity contribution in [2.45, 2.75) is 24.6 Å². The number of piperidine rings is 1. The van der Waals surface area contributed by atoms with Crippen molar-refractivity contribution in [2.24, 2.45) is 0 Å². The maximum atomic E-state index is 12.3. The number of ether oxygens (including phenoxy) is 1. The number of benzene rings is 1. The average molecular weight is 354 g/mol. The van der Waals surface area contributed by atoms with Crippen LogP contribution in [-0.4, -0.2) is 42.1 Å². The Hall–Kier alpha value is -1.30. The van der Waals surface area contributed by atoms with Gasteiger partial charge in [-0.2, -0.15) is 12.6 Å². The highest BCUT2D eigenvalue weighted by Gasteiger charge is 2.34. The van der Waals surface area contributed by atoms with E-state index < -0.39 is 6.04 Å². The normalized spacial score (nSPS) is 21.9. The van der Waals surface area contributed by atoms with Crippen LogP contribution in [0, 0.1) is 0 Å². The van der Waals surface area contributed by atoms with Crippen LogP contribution in [0.5, 0.6) is 0 Å². The highest BCUT2D eigenvalue weighted by molar-refractivity contribution is 7.81. The molecular weight excluding hydrogens is 334 g/mol. The van der Waals surface area contributed by atoms with Crippen molar-refractivity contribution < 1.29 is 14.3 Å². The van der Waals surface area contributed by atoms with Crippen LogP contribution in [-0.2, 0) is 14.3 Å². The third-order valence-corrected chi connectivity index (χ3v) is 4.82. The Bertz CT molecular complexity index is 632. The largest absolute Gasteiger partial charge is 0.468 e. The number of ketones is 1. The fourth-order valence-electron chi connectivity index (χ4n) is 2.80. The lowest BCUT2D eigenvalue weighted by Crippen LogP contribution is -2.42. The van der Waals surface area contributed by atoms with Crippen LogP contribution < -0.4 is 0 Å². The first-order chi connectivity index (χ1) is 10.9. The Morgan fingerprint density at radius 1 is 1.43 bits per heavy atom. The molecule has 2 atom stereocenters. The number of halogens is 1. The zero-order valence-electron chi connectivity index (χ0n) is 13.2. The molecule has 1 aromatic rings. The Labute approximate surface area is 146 Å². The molecule has 1 heterocycles. The molecule has 0 aromatic heterocycles. The van der Waals surface area contributed by atoms with Gasteiger partial charge in [0.05, 0.1) is 7.11 Å². The van der Waals surface area contributed by atoms with Crippen LogP contribution in [0.2, 0.25) is 5.02 Å². The second-order valence-corrected chi connectivity index (χ2v) is 6.58. The van der Waals surface area contributed by atoms with E-state index in [4.69, 9.17) is 16.3 Å². The average Bonchev–Trinajstić information content (AvgIpc) is 2.51. The van der Waals surface area contributed by atoms with Gasteiger partial charge in [0.1, 0.15) is 6.04 Å². The first-order valence-electron chi connectivity index (χ1n) is 7.39. The number of carbonyl (C=O) groups is 2. The second-order valence-electron chi connectivity index (χ2n) is 5.55. The molecule has 1 aliphatic heterocycles. The van der Waals surface area contributed by atoms with E-state index in [1.807, 2.05) is 23.1 Å². The van der Waals surface area contributed by atoms with Crippen LogP contribution in [0.25, 0.3) is 0 Å². The SMILES string of the molecule is COC(=O)[C@H](c1ccccc1Cl)N1CC[C@@H](S)/C(=C/C(C)=O)C1. The van der Waals surface area contributed by atoms with Crippen molar-refractivity contribution in [3.05, 3.63) is 46.5 Å². The molecule has 2 rings (SSSR count). The monoisotopic (exact) mass is 353 g/mol. The minimum atomic E-state index is -0.593. The summed E-state index contributed by atoms with van der Waals surface area (Å²) in [5, 5.41) is 0.549. The lowest BCUT2D eigenvalue weighted by atomic mass is 9.97. The smallest absolute Gasteiger partial charge is 0.327 e. The molecular formula is C17H20ClNO3S. The molecule has 23 heavy (non-hydrogen) atoms. The lowest BCUT2D eigenvalue weighted by Gasteiger charge is -2.37. The number of carbonyl (C=O) groups excluding carboxylic acids is 2. The van der Waals surface area contributed by atoms with Crippen LogP contribution in [0.3, 0.4) is 0 Å². The summed E-state index contributed by atoms with van der Waals surface area (Å²) < 4.78 is 4.97. The molecule has 0 amide bonds. The van der Waals surface area contributed by atoms with E-state index in [0.717, 1.165) is 12.0 Å². The van der Waals surface area contributed by atoms with E-state index >= 15 is 0 Å². The second kappa shape index (κ2) is 7.99. The van der Waals surface area contributed by atoms with Gasteiger partial charge in [0, 0.05) is 23.4 Å². The molecule has 1 fully saturated rings. The van der Waals surface area contributed by atoms with Crippen LogP contribution >= 0.6 is 24.2 Å². The highest BCUT2D eigenvalue weighted by atomic mass is 35.5. The van der Waals surface area contributed by atoms with Gasteiger partial charge < -0.3 is 4.74 Å². The standard InChI is InChI=1S/C17H20ClNO3S/c1-11(20)9-12-10-19(8-7-15(12)23)16(17(21)22-2)13-5-3-4-6-14(13)18/h3-6,9,15-16,23H,7-8,10H2,1-2H3/b12-9+/t15-,16+/m1/s1. The molecule has 1 aromatic carbocycles. The van der Waals surface area contributed by atoms with Crippen molar-refractivity contribution in [3.8, 4) is 0 Å². The summed E-state index contributed by atoms with van der Waals surface area (Å²) in [7, 11) is 1.36. The highest BCUT2D eigenvalue weighted by Crippen LogP contribution is 2.33. The maximum Gasteiger partial charge on any atom is 0.327 e. The van der Waals surface area contributed by atoms with Crippen molar-refractivity contribution >= 4 is 36.0 Å². The van der Waals surface area contributed by atoms with Gasteiger partial charge in [0.15, 0.2) is 5.78 Å². The molecule has 0 spiro atoms. The predicted molar refractivity (Wildman–Crippen MR) is 93.9 cm³/mol. The van der Waals surface area contributed by atoms with E-state index in [9.17, 15) is 9.59 Å². The van der Waals surface area contributed by atoms with Crippen molar-refractivity contribution in [1.29, 1.82) is 0 Å². The number of rotatable bonds is 4. The summed E-state index contributed by atoms with van der Waals surface area (Å²) in [4.78, 5) is 25.7. The number of methoxy groups -OCH3 is 1. The number of likely N-dealkylation sites (tertiary alicyclic amines) is 1. The van der Waals surface area contributed by atoms with Crippen LogP contribution in [0.4, 0.5) is 0 Å². The molecule has 0 aliphatic carbocycles. The number of thiol groups is 1. The summed E-state index contributed by atoms with van der Waals surface area (Å²) in [5.41, 5.74) is 1.62. The molecule has 0 bridgehead atoms. The van der Waals surface area contributed by atoms with Crippen LogP contribution in [0.1, 0.15) is 24.9 Å². The molecule has 0 radical (unpaired) electrons. The van der Waals surface area contributed by atoms with Gasteiger partial charge in [-0.1, -0.05) is 29.8 Å². The predicted octanol–water partition coefficient (Wildman–Crippen LogP) is 3.07. The van der Waals surface area contributed by atoms with E-state index in [-0.39, 0.29) is 17.0 Å². The molecule has 1 aliphatic rings. The minimum absolute atomic E-state index is 0.0201. The zero-order valence-corrected chi connectivity index (χ0v) is 14.8. The van der Waals surface area contributed by atoms with Gasteiger partial charge in [0.2, 0.25) is 0 Å². The Morgan fingerprint density at radius 2 is 2.13 bits per heavy atom. The quantitative estimate of drug-likeness (QED) is 0.513. The summed E-state index contributed by atoms with van der Waals surface area (Å²) in [6.45, 7) is 2.67. The molecule has 0 unspecified atom stereocenters. The molecule has 4 nitrogen and oxygen atoms in total.